The normalized spacial score (nSPS) is 13.5. The van der Waals surface area contributed by atoms with Crippen molar-refractivity contribution in [3.8, 4) is 0 Å². The Morgan fingerprint density at radius 2 is 1.10 bits per heavy atom. The van der Waals surface area contributed by atoms with Crippen molar-refractivity contribution >= 4 is 28.9 Å². The monoisotopic (exact) mass is 399 g/mol. The largest absolute Gasteiger partial charge is 0.323 e. The van der Waals surface area contributed by atoms with Crippen LogP contribution in [0, 0.1) is 0 Å². The van der Waals surface area contributed by atoms with E-state index in [1.54, 1.807) is 48.8 Å². The highest BCUT2D eigenvalue weighted by Gasteiger charge is 2.24. The zero-order valence-electron chi connectivity index (χ0n) is 15.6. The van der Waals surface area contributed by atoms with Crippen LogP contribution in [-0.2, 0) is 0 Å². The van der Waals surface area contributed by atoms with Crippen molar-refractivity contribution in [1.29, 1.82) is 0 Å². The van der Waals surface area contributed by atoms with Crippen molar-refractivity contribution in [2.24, 2.45) is 0 Å². The molecule has 1 aliphatic rings. The molecule has 0 aliphatic carbocycles. The highest BCUT2D eigenvalue weighted by atomic mass is 35.5. The van der Waals surface area contributed by atoms with E-state index in [0.717, 1.165) is 5.69 Å². The summed E-state index contributed by atoms with van der Waals surface area (Å²) >= 11 is 6.01. The summed E-state index contributed by atoms with van der Waals surface area (Å²) in [5.41, 5.74) is 3.15. The van der Waals surface area contributed by atoms with Crippen molar-refractivity contribution in [3.05, 3.63) is 125 Å². The number of nitrogens with zero attached hydrogens (tertiary/aromatic N) is 1. The third-order valence-electron chi connectivity index (χ3n) is 4.75. The van der Waals surface area contributed by atoms with Gasteiger partial charge in [-0.25, -0.2) is 0 Å². The summed E-state index contributed by atoms with van der Waals surface area (Å²) < 4.78 is 0. The quantitative estimate of drug-likeness (QED) is 0.487. The molecule has 3 nitrogen and oxygen atoms in total. The summed E-state index contributed by atoms with van der Waals surface area (Å²) in [6, 6.07) is 25.5. The van der Waals surface area contributed by atoms with Crippen LogP contribution in [0.15, 0.2) is 108 Å². The summed E-state index contributed by atoms with van der Waals surface area (Å²) in [4.78, 5) is 28.0. The van der Waals surface area contributed by atoms with E-state index in [1.807, 2.05) is 53.4 Å². The van der Waals surface area contributed by atoms with Crippen LogP contribution in [0.2, 0.25) is 5.02 Å². The third-order valence-corrected chi connectivity index (χ3v) is 5.00. The second-order valence-electron chi connectivity index (χ2n) is 6.76. The molecule has 4 rings (SSSR count). The van der Waals surface area contributed by atoms with E-state index in [4.69, 9.17) is 11.6 Å². The second-order valence-corrected chi connectivity index (χ2v) is 7.20. The third kappa shape index (κ3) is 4.20. The smallest absolute Gasteiger partial charge is 0.190 e. The zero-order chi connectivity index (χ0) is 20.2. The first-order chi connectivity index (χ1) is 14.1. The first-order valence-electron chi connectivity index (χ1n) is 9.26. The number of Topliss-reactive ketones (excluding diaryl/α,β-unsaturated/α-hetero) is 2. The molecule has 1 aliphatic heterocycles. The predicted molar refractivity (Wildman–Crippen MR) is 116 cm³/mol. The predicted octanol–water partition coefficient (Wildman–Crippen LogP) is 6.08. The lowest BCUT2D eigenvalue weighted by Gasteiger charge is -2.25. The number of rotatable bonds is 5. The Morgan fingerprint density at radius 3 is 1.55 bits per heavy atom. The molecular weight excluding hydrogens is 382 g/mol. The molecular formula is C25H18ClNO2. The molecule has 4 heteroatoms. The van der Waals surface area contributed by atoms with Crippen LogP contribution in [0.25, 0.3) is 0 Å². The lowest BCUT2D eigenvalue weighted by molar-refractivity contribution is 0.102. The van der Waals surface area contributed by atoms with Crippen LogP contribution in [-0.4, -0.2) is 11.6 Å². The van der Waals surface area contributed by atoms with Crippen molar-refractivity contribution in [2.75, 3.05) is 4.90 Å². The van der Waals surface area contributed by atoms with Gasteiger partial charge in [0.1, 0.15) is 0 Å². The molecule has 0 aromatic heterocycles. The Labute approximate surface area is 174 Å². The van der Waals surface area contributed by atoms with Crippen LogP contribution in [0.4, 0.5) is 5.69 Å². The Kier molecular flexibility index (Phi) is 5.41. The minimum atomic E-state index is -0.0870. The van der Waals surface area contributed by atoms with Gasteiger partial charge in [-0.1, -0.05) is 72.3 Å². The molecule has 142 valence electrons. The maximum absolute atomic E-state index is 13.1. The first-order valence-corrected chi connectivity index (χ1v) is 9.64. The molecule has 0 spiro atoms. The summed E-state index contributed by atoms with van der Waals surface area (Å²) in [6.07, 6.45) is 3.87. The second kappa shape index (κ2) is 8.29. The minimum Gasteiger partial charge on any atom is -0.323 e. The number of anilines is 1. The first kappa shape index (κ1) is 18.9. The van der Waals surface area contributed by atoms with E-state index in [2.05, 4.69) is 0 Å². The number of carbonyl (C=O) groups is 2. The fourth-order valence-electron chi connectivity index (χ4n) is 3.26. The Morgan fingerprint density at radius 1 is 0.655 bits per heavy atom. The summed E-state index contributed by atoms with van der Waals surface area (Å²) in [5.74, 6) is -0.174. The van der Waals surface area contributed by atoms with Crippen LogP contribution in [0.1, 0.15) is 27.1 Å². The van der Waals surface area contributed by atoms with Crippen LogP contribution in [0.5, 0.6) is 0 Å². The number of hydrogen-bond acceptors (Lipinski definition) is 3. The van der Waals surface area contributed by atoms with Gasteiger partial charge in [0.25, 0.3) is 0 Å². The van der Waals surface area contributed by atoms with Crippen LogP contribution in [0.3, 0.4) is 0 Å². The summed E-state index contributed by atoms with van der Waals surface area (Å²) in [7, 11) is 0. The van der Waals surface area contributed by atoms with Crippen molar-refractivity contribution in [1.82, 2.24) is 0 Å². The lowest BCUT2D eigenvalue weighted by atomic mass is 9.92. The standard InChI is InChI=1S/C25H18ClNO2/c26-22-11-13-23(14-12-22)27-16-20(24(28)18-7-3-1-4-8-18)15-21(17-27)25(29)19-9-5-2-6-10-19/h1-14,16-17H,15H2. The molecule has 3 aromatic rings. The van der Waals surface area contributed by atoms with Gasteiger partial charge in [-0.3, -0.25) is 9.59 Å². The van der Waals surface area contributed by atoms with E-state index < -0.39 is 0 Å². The summed E-state index contributed by atoms with van der Waals surface area (Å²) in [5, 5.41) is 0.625. The molecule has 0 bridgehead atoms. The highest BCUT2D eigenvalue weighted by molar-refractivity contribution is 6.30. The molecule has 0 saturated carbocycles. The summed E-state index contributed by atoms with van der Waals surface area (Å²) in [6.45, 7) is 0. The topological polar surface area (TPSA) is 37.4 Å². The van der Waals surface area contributed by atoms with E-state index >= 15 is 0 Å². The molecule has 0 atom stereocenters. The van der Waals surface area contributed by atoms with Gasteiger partial charge in [-0.15, -0.1) is 0 Å². The molecule has 3 aromatic carbocycles. The van der Waals surface area contributed by atoms with Crippen molar-refractivity contribution in [2.45, 2.75) is 6.42 Å². The molecule has 0 saturated heterocycles. The van der Waals surface area contributed by atoms with Gasteiger partial charge in [0.05, 0.1) is 0 Å². The van der Waals surface area contributed by atoms with E-state index in [-0.39, 0.29) is 18.0 Å². The van der Waals surface area contributed by atoms with Gasteiger partial charge in [-0.05, 0) is 24.3 Å². The molecule has 0 fully saturated rings. The van der Waals surface area contributed by atoms with Gasteiger partial charge >= 0.3 is 0 Å². The van der Waals surface area contributed by atoms with E-state index in [9.17, 15) is 9.59 Å². The number of benzene rings is 3. The zero-order valence-corrected chi connectivity index (χ0v) is 16.3. The minimum absolute atomic E-state index is 0.0870. The van der Waals surface area contributed by atoms with E-state index in [0.29, 0.717) is 27.3 Å². The molecule has 0 amide bonds. The van der Waals surface area contributed by atoms with Crippen molar-refractivity contribution in [3.63, 3.8) is 0 Å². The van der Waals surface area contributed by atoms with Gasteiger partial charge in [-0.2, -0.15) is 0 Å². The maximum Gasteiger partial charge on any atom is 0.190 e. The maximum atomic E-state index is 13.1. The van der Waals surface area contributed by atoms with Gasteiger partial charge in [0.2, 0.25) is 0 Å². The number of allylic oxidation sites excluding steroid dienone is 2. The fraction of sp³-hybridized carbons (Fsp3) is 0.0400. The number of hydrogen-bond donors (Lipinski definition) is 0. The average molecular weight is 400 g/mol. The van der Waals surface area contributed by atoms with Crippen LogP contribution < -0.4 is 4.90 Å². The SMILES string of the molecule is O=C(C1=CN(c2ccc(Cl)cc2)C=C(C(=O)c2ccccc2)C1)c1ccccc1. The van der Waals surface area contributed by atoms with Crippen LogP contribution >= 0.6 is 11.6 Å². The van der Waals surface area contributed by atoms with Gasteiger partial charge in [0.15, 0.2) is 11.6 Å². The molecule has 0 unspecified atom stereocenters. The molecule has 29 heavy (non-hydrogen) atoms. The van der Waals surface area contributed by atoms with Gasteiger partial charge < -0.3 is 4.90 Å². The van der Waals surface area contributed by atoms with Crippen molar-refractivity contribution < 1.29 is 9.59 Å². The average Bonchev–Trinajstić information content (AvgIpc) is 2.79. The number of ketones is 2. The Bertz CT molecular complexity index is 1030. The van der Waals surface area contributed by atoms with E-state index in [1.165, 1.54) is 0 Å². The fourth-order valence-corrected chi connectivity index (χ4v) is 3.39. The number of carbonyl (C=O) groups excluding carboxylic acids is 2. The number of halogens is 1. The molecule has 0 radical (unpaired) electrons. The Balaban J connectivity index is 1.73. The lowest BCUT2D eigenvalue weighted by Crippen LogP contribution is -2.21. The molecule has 0 N–H and O–H groups in total. The highest BCUT2D eigenvalue weighted by Crippen LogP contribution is 2.29. The Hall–Kier alpha value is -3.43. The molecule has 1 heterocycles. The van der Waals surface area contributed by atoms with Gasteiger partial charge in [0, 0.05) is 51.8 Å².